The van der Waals surface area contributed by atoms with Crippen LogP contribution in [0.4, 0.5) is 5.69 Å². The summed E-state index contributed by atoms with van der Waals surface area (Å²) in [5, 5.41) is 2.51. The summed E-state index contributed by atoms with van der Waals surface area (Å²) in [5.74, 6) is 0. The lowest BCUT2D eigenvalue weighted by molar-refractivity contribution is 0.602. The molecule has 0 saturated heterocycles. The smallest absolute Gasteiger partial charge is 0.262 e. The molecule has 1 aliphatic rings. The molecule has 1 aliphatic carbocycles. The molecule has 3 aromatic carbocycles. The first kappa shape index (κ1) is 15.8. The van der Waals surface area contributed by atoms with Crippen LogP contribution in [0.2, 0.25) is 10.0 Å². The quantitative estimate of drug-likeness (QED) is 0.694. The Hall–Kier alpha value is -1.75. The summed E-state index contributed by atoms with van der Waals surface area (Å²) in [4.78, 5) is 0.251. The Balaban J connectivity index is 1.87. The predicted octanol–water partition coefficient (Wildman–Crippen LogP) is 5.05. The van der Waals surface area contributed by atoms with Gasteiger partial charge in [0.25, 0.3) is 10.0 Å². The van der Waals surface area contributed by atoms with Crippen LogP contribution in [0.25, 0.3) is 10.8 Å². The first-order chi connectivity index (χ1) is 11.5. The van der Waals surface area contributed by atoms with Gasteiger partial charge in [0.1, 0.15) is 0 Å². The van der Waals surface area contributed by atoms with Gasteiger partial charge < -0.3 is 0 Å². The van der Waals surface area contributed by atoms with E-state index in [-0.39, 0.29) is 10.6 Å². The number of anilines is 1. The fraction of sp³-hybridized carbons (Fsp3) is 0.111. The van der Waals surface area contributed by atoms with Crippen molar-refractivity contribution in [2.75, 3.05) is 4.72 Å². The molecule has 122 valence electrons. The van der Waals surface area contributed by atoms with E-state index in [9.17, 15) is 8.42 Å². The van der Waals surface area contributed by atoms with Crippen molar-refractivity contribution in [2.45, 2.75) is 17.7 Å². The van der Waals surface area contributed by atoms with Crippen LogP contribution in [-0.2, 0) is 22.9 Å². The third-order valence-electron chi connectivity index (χ3n) is 4.30. The SMILES string of the molecule is O=S(=O)(Nc1cc(Cl)ccc1Cl)c1ccc2c3c(cccc13)CC2. The summed E-state index contributed by atoms with van der Waals surface area (Å²) in [7, 11) is -3.78. The molecule has 0 bridgehead atoms. The second kappa shape index (κ2) is 5.66. The predicted molar refractivity (Wildman–Crippen MR) is 98.6 cm³/mol. The molecule has 0 atom stereocenters. The third kappa shape index (κ3) is 2.55. The van der Waals surface area contributed by atoms with Gasteiger partial charge in [-0.2, -0.15) is 0 Å². The molecule has 3 nitrogen and oxygen atoms in total. The molecule has 0 heterocycles. The molecule has 0 radical (unpaired) electrons. The van der Waals surface area contributed by atoms with Gasteiger partial charge in [-0.05, 0) is 53.6 Å². The number of rotatable bonds is 3. The van der Waals surface area contributed by atoms with Crippen molar-refractivity contribution in [3.8, 4) is 0 Å². The number of hydrogen-bond donors (Lipinski definition) is 1. The van der Waals surface area contributed by atoms with E-state index in [1.807, 2.05) is 18.2 Å². The molecule has 0 fully saturated rings. The second-order valence-corrected chi connectivity index (χ2v) is 8.29. The lowest BCUT2D eigenvalue weighted by atomic mass is 10.1. The lowest BCUT2D eigenvalue weighted by Gasteiger charge is -2.13. The molecule has 0 saturated carbocycles. The normalized spacial score (nSPS) is 13.4. The fourth-order valence-corrected chi connectivity index (χ4v) is 4.90. The standard InChI is InChI=1S/C18H13Cl2NO2S/c19-13-7-8-15(20)16(10-13)21-24(22,23)17-9-6-12-5-4-11-2-1-3-14(17)18(11)12/h1-3,6-10,21H,4-5H2. The Morgan fingerprint density at radius 2 is 1.67 bits per heavy atom. The minimum atomic E-state index is -3.78. The van der Waals surface area contributed by atoms with E-state index in [0.29, 0.717) is 10.0 Å². The molecule has 0 amide bonds. The molecule has 1 N–H and O–H groups in total. The van der Waals surface area contributed by atoms with Gasteiger partial charge in [0.2, 0.25) is 0 Å². The monoisotopic (exact) mass is 377 g/mol. The van der Waals surface area contributed by atoms with Crippen LogP contribution in [0, 0.1) is 0 Å². The number of benzene rings is 3. The summed E-state index contributed by atoms with van der Waals surface area (Å²) in [5.41, 5.74) is 2.66. The van der Waals surface area contributed by atoms with Gasteiger partial charge in [-0.3, -0.25) is 4.72 Å². The average molecular weight is 378 g/mol. The van der Waals surface area contributed by atoms with Crippen LogP contribution in [0.1, 0.15) is 11.1 Å². The van der Waals surface area contributed by atoms with Crippen LogP contribution in [0.15, 0.2) is 53.4 Å². The summed E-state index contributed by atoms with van der Waals surface area (Å²) in [6, 6.07) is 14.0. The summed E-state index contributed by atoms with van der Waals surface area (Å²) < 4.78 is 28.4. The van der Waals surface area contributed by atoms with Gasteiger partial charge in [0.05, 0.1) is 15.6 Å². The van der Waals surface area contributed by atoms with Crippen molar-refractivity contribution in [3.05, 3.63) is 69.7 Å². The minimum Gasteiger partial charge on any atom is -0.278 e. The topological polar surface area (TPSA) is 46.2 Å². The Labute approximate surface area is 150 Å². The van der Waals surface area contributed by atoms with Gasteiger partial charge in [-0.25, -0.2) is 8.42 Å². The first-order valence-corrected chi connectivity index (χ1v) is 9.71. The zero-order valence-electron chi connectivity index (χ0n) is 12.5. The van der Waals surface area contributed by atoms with Crippen molar-refractivity contribution in [1.29, 1.82) is 0 Å². The number of halogens is 2. The Kier molecular flexibility index (Phi) is 3.71. The highest BCUT2D eigenvalue weighted by atomic mass is 35.5. The van der Waals surface area contributed by atoms with Crippen LogP contribution < -0.4 is 4.72 Å². The lowest BCUT2D eigenvalue weighted by Crippen LogP contribution is -2.14. The third-order valence-corrected chi connectivity index (χ3v) is 6.29. The van der Waals surface area contributed by atoms with Crippen molar-refractivity contribution >= 4 is 49.7 Å². The summed E-state index contributed by atoms with van der Waals surface area (Å²) in [6.45, 7) is 0. The number of sulfonamides is 1. The fourth-order valence-electron chi connectivity index (χ4n) is 3.23. The van der Waals surface area contributed by atoms with Gasteiger partial charge >= 0.3 is 0 Å². The van der Waals surface area contributed by atoms with Crippen LogP contribution in [0.5, 0.6) is 0 Å². The summed E-state index contributed by atoms with van der Waals surface area (Å²) in [6.07, 6.45) is 1.90. The Morgan fingerprint density at radius 3 is 2.46 bits per heavy atom. The molecule has 0 spiro atoms. The maximum absolute atomic E-state index is 12.9. The number of nitrogens with one attached hydrogen (secondary N) is 1. The minimum absolute atomic E-state index is 0.251. The maximum atomic E-state index is 12.9. The molecule has 0 unspecified atom stereocenters. The van der Waals surface area contributed by atoms with E-state index in [4.69, 9.17) is 23.2 Å². The van der Waals surface area contributed by atoms with Crippen LogP contribution in [-0.4, -0.2) is 8.42 Å². The van der Waals surface area contributed by atoms with Crippen LogP contribution >= 0.6 is 23.2 Å². The highest BCUT2D eigenvalue weighted by molar-refractivity contribution is 7.93. The highest BCUT2D eigenvalue weighted by Gasteiger charge is 2.23. The van der Waals surface area contributed by atoms with Gasteiger partial charge in [0.15, 0.2) is 0 Å². The molecule has 3 aromatic rings. The van der Waals surface area contributed by atoms with Gasteiger partial charge in [-0.1, -0.05) is 47.5 Å². The van der Waals surface area contributed by atoms with Gasteiger partial charge in [0, 0.05) is 10.4 Å². The van der Waals surface area contributed by atoms with Crippen molar-refractivity contribution < 1.29 is 8.42 Å². The first-order valence-electron chi connectivity index (χ1n) is 7.47. The Bertz CT molecular complexity index is 1070. The van der Waals surface area contributed by atoms with E-state index in [1.165, 1.54) is 17.2 Å². The number of hydrogen-bond acceptors (Lipinski definition) is 2. The van der Waals surface area contributed by atoms with E-state index < -0.39 is 10.0 Å². The molecule has 6 heteroatoms. The maximum Gasteiger partial charge on any atom is 0.262 e. The second-order valence-electron chi connectivity index (χ2n) is 5.79. The van der Waals surface area contributed by atoms with Crippen molar-refractivity contribution in [2.24, 2.45) is 0 Å². The van der Waals surface area contributed by atoms with E-state index in [1.54, 1.807) is 18.2 Å². The van der Waals surface area contributed by atoms with E-state index in [0.717, 1.165) is 23.6 Å². The highest BCUT2D eigenvalue weighted by Crippen LogP contribution is 2.36. The number of aryl methyl sites for hydroxylation is 2. The Morgan fingerprint density at radius 1 is 0.917 bits per heavy atom. The molecular formula is C18H13Cl2NO2S. The largest absolute Gasteiger partial charge is 0.278 e. The zero-order valence-corrected chi connectivity index (χ0v) is 14.8. The summed E-state index contributed by atoms with van der Waals surface area (Å²) >= 11 is 12.0. The van der Waals surface area contributed by atoms with Crippen molar-refractivity contribution in [1.82, 2.24) is 0 Å². The average Bonchev–Trinajstić information content (AvgIpc) is 2.96. The molecule has 24 heavy (non-hydrogen) atoms. The van der Waals surface area contributed by atoms with Crippen molar-refractivity contribution in [3.63, 3.8) is 0 Å². The van der Waals surface area contributed by atoms with E-state index in [2.05, 4.69) is 10.8 Å². The van der Waals surface area contributed by atoms with E-state index >= 15 is 0 Å². The van der Waals surface area contributed by atoms with Gasteiger partial charge in [-0.15, -0.1) is 0 Å². The molecule has 4 rings (SSSR count). The zero-order chi connectivity index (χ0) is 16.9. The molecule has 0 aromatic heterocycles. The van der Waals surface area contributed by atoms with Crippen LogP contribution in [0.3, 0.4) is 0 Å². The molecular weight excluding hydrogens is 365 g/mol. The molecule has 0 aliphatic heterocycles.